The van der Waals surface area contributed by atoms with Crippen molar-refractivity contribution in [3.63, 3.8) is 0 Å². The van der Waals surface area contributed by atoms with Crippen LogP contribution in [-0.4, -0.2) is 22.2 Å². The molecule has 0 aliphatic rings. The minimum absolute atomic E-state index is 0.0168. The Hall–Kier alpha value is -2.61. The standard InChI is InChI=1S/C15H16N4O/c1-19-14(7-9-18-19)6-8-17-15(20)10-12-2-4-13(11-16)5-3-12/h2-5,7,9H,6,8,10H2,1H3,(H,17,20). The molecule has 0 bridgehead atoms. The Balaban J connectivity index is 1.78. The molecule has 102 valence electrons. The van der Waals surface area contributed by atoms with Gasteiger partial charge in [0.15, 0.2) is 0 Å². The Morgan fingerprint density at radius 2 is 2.10 bits per heavy atom. The summed E-state index contributed by atoms with van der Waals surface area (Å²) in [7, 11) is 1.88. The molecule has 1 amide bonds. The van der Waals surface area contributed by atoms with Gasteiger partial charge in [0, 0.05) is 31.9 Å². The first-order valence-corrected chi connectivity index (χ1v) is 6.41. The van der Waals surface area contributed by atoms with Crippen molar-refractivity contribution < 1.29 is 4.79 Å². The summed E-state index contributed by atoms with van der Waals surface area (Å²) in [6.07, 6.45) is 2.83. The highest BCUT2D eigenvalue weighted by molar-refractivity contribution is 5.78. The van der Waals surface area contributed by atoms with E-state index in [1.54, 1.807) is 35.1 Å². The topological polar surface area (TPSA) is 70.7 Å². The number of nitriles is 1. The minimum atomic E-state index is -0.0168. The van der Waals surface area contributed by atoms with Crippen LogP contribution in [0, 0.1) is 11.3 Å². The zero-order valence-corrected chi connectivity index (χ0v) is 11.3. The number of rotatable bonds is 5. The lowest BCUT2D eigenvalue weighted by atomic mass is 10.1. The zero-order valence-electron chi connectivity index (χ0n) is 11.3. The second-order valence-corrected chi connectivity index (χ2v) is 4.53. The molecule has 2 aromatic rings. The molecule has 0 unspecified atom stereocenters. The van der Waals surface area contributed by atoms with Crippen molar-refractivity contribution in [3.05, 3.63) is 53.3 Å². The fourth-order valence-corrected chi connectivity index (χ4v) is 1.92. The SMILES string of the molecule is Cn1nccc1CCNC(=O)Cc1ccc(C#N)cc1. The van der Waals surface area contributed by atoms with Crippen LogP contribution < -0.4 is 5.32 Å². The second-order valence-electron chi connectivity index (χ2n) is 4.53. The number of aryl methyl sites for hydroxylation is 1. The monoisotopic (exact) mass is 268 g/mol. The van der Waals surface area contributed by atoms with Crippen molar-refractivity contribution in [2.45, 2.75) is 12.8 Å². The normalized spacial score (nSPS) is 10.0. The van der Waals surface area contributed by atoms with E-state index in [-0.39, 0.29) is 5.91 Å². The van der Waals surface area contributed by atoms with Gasteiger partial charge in [0.1, 0.15) is 0 Å². The summed E-state index contributed by atoms with van der Waals surface area (Å²) in [5, 5.41) is 15.7. The quantitative estimate of drug-likeness (QED) is 0.885. The molecule has 1 heterocycles. The average molecular weight is 268 g/mol. The third-order valence-corrected chi connectivity index (χ3v) is 3.07. The van der Waals surface area contributed by atoms with E-state index < -0.39 is 0 Å². The minimum Gasteiger partial charge on any atom is -0.355 e. The number of carbonyl (C=O) groups excluding carboxylic acids is 1. The van der Waals surface area contributed by atoms with Crippen molar-refractivity contribution in [1.29, 1.82) is 5.26 Å². The molecule has 5 heteroatoms. The van der Waals surface area contributed by atoms with Gasteiger partial charge in [0.25, 0.3) is 0 Å². The number of hydrogen-bond acceptors (Lipinski definition) is 3. The van der Waals surface area contributed by atoms with E-state index in [0.717, 1.165) is 17.7 Å². The first kappa shape index (κ1) is 13.8. The van der Waals surface area contributed by atoms with E-state index in [2.05, 4.69) is 16.5 Å². The molecule has 0 radical (unpaired) electrons. The lowest BCUT2D eigenvalue weighted by molar-refractivity contribution is -0.120. The van der Waals surface area contributed by atoms with Gasteiger partial charge in [-0.1, -0.05) is 12.1 Å². The lowest BCUT2D eigenvalue weighted by Crippen LogP contribution is -2.27. The Labute approximate surface area is 117 Å². The molecule has 5 nitrogen and oxygen atoms in total. The Morgan fingerprint density at radius 3 is 2.70 bits per heavy atom. The first-order chi connectivity index (χ1) is 9.69. The summed E-state index contributed by atoms with van der Waals surface area (Å²) < 4.78 is 1.80. The van der Waals surface area contributed by atoms with E-state index in [9.17, 15) is 4.79 Å². The number of carbonyl (C=O) groups is 1. The summed E-state index contributed by atoms with van der Waals surface area (Å²) in [6, 6.07) is 11.0. The smallest absolute Gasteiger partial charge is 0.224 e. The number of nitrogens with zero attached hydrogens (tertiary/aromatic N) is 3. The van der Waals surface area contributed by atoms with Gasteiger partial charge in [0.05, 0.1) is 18.1 Å². The molecule has 2 rings (SSSR count). The van der Waals surface area contributed by atoms with Crippen LogP contribution in [-0.2, 0) is 24.7 Å². The van der Waals surface area contributed by atoms with Crippen molar-refractivity contribution >= 4 is 5.91 Å². The van der Waals surface area contributed by atoms with Gasteiger partial charge in [0.2, 0.25) is 5.91 Å². The fraction of sp³-hybridized carbons (Fsp3) is 0.267. The molecular formula is C15H16N4O. The maximum absolute atomic E-state index is 11.8. The molecule has 1 N–H and O–H groups in total. The van der Waals surface area contributed by atoms with E-state index in [4.69, 9.17) is 5.26 Å². The Morgan fingerprint density at radius 1 is 1.35 bits per heavy atom. The molecule has 0 saturated heterocycles. The number of benzene rings is 1. The number of hydrogen-bond donors (Lipinski definition) is 1. The van der Waals surface area contributed by atoms with Gasteiger partial charge < -0.3 is 5.32 Å². The van der Waals surface area contributed by atoms with Crippen molar-refractivity contribution in [2.75, 3.05) is 6.54 Å². The molecule has 0 atom stereocenters. The summed E-state index contributed by atoms with van der Waals surface area (Å²) in [5.41, 5.74) is 2.59. The van der Waals surface area contributed by atoms with Crippen LogP contribution in [0.1, 0.15) is 16.8 Å². The highest BCUT2D eigenvalue weighted by atomic mass is 16.1. The van der Waals surface area contributed by atoms with Crippen molar-refractivity contribution in [2.24, 2.45) is 7.05 Å². The summed E-state index contributed by atoms with van der Waals surface area (Å²) >= 11 is 0. The maximum Gasteiger partial charge on any atom is 0.224 e. The van der Waals surface area contributed by atoms with Crippen LogP contribution in [0.5, 0.6) is 0 Å². The van der Waals surface area contributed by atoms with Gasteiger partial charge in [-0.15, -0.1) is 0 Å². The molecule has 0 spiro atoms. The van der Waals surface area contributed by atoms with Crippen molar-refractivity contribution in [1.82, 2.24) is 15.1 Å². The van der Waals surface area contributed by atoms with E-state index >= 15 is 0 Å². The zero-order chi connectivity index (χ0) is 14.4. The summed E-state index contributed by atoms with van der Waals surface area (Å²) in [4.78, 5) is 11.8. The molecule has 1 aromatic heterocycles. The third kappa shape index (κ3) is 3.69. The van der Waals surface area contributed by atoms with E-state index in [0.29, 0.717) is 18.5 Å². The molecule has 1 aromatic carbocycles. The van der Waals surface area contributed by atoms with E-state index in [1.807, 2.05) is 13.1 Å². The fourth-order valence-electron chi connectivity index (χ4n) is 1.92. The average Bonchev–Trinajstić information content (AvgIpc) is 2.85. The molecule has 0 saturated carbocycles. The van der Waals surface area contributed by atoms with E-state index in [1.165, 1.54) is 0 Å². The van der Waals surface area contributed by atoms with Crippen molar-refractivity contribution in [3.8, 4) is 6.07 Å². The third-order valence-electron chi connectivity index (χ3n) is 3.07. The summed E-state index contributed by atoms with van der Waals surface area (Å²) in [6.45, 7) is 0.592. The molecule has 0 fully saturated rings. The maximum atomic E-state index is 11.8. The van der Waals surface area contributed by atoms with Crippen LogP contribution in [0.4, 0.5) is 0 Å². The van der Waals surface area contributed by atoms with Crippen LogP contribution in [0.15, 0.2) is 36.5 Å². The van der Waals surface area contributed by atoms with Crippen LogP contribution in [0.3, 0.4) is 0 Å². The van der Waals surface area contributed by atoms with Crippen LogP contribution in [0.25, 0.3) is 0 Å². The highest BCUT2D eigenvalue weighted by Crippen LogP contribution is 2.04. The largest absolute Gasteiger partial charge is 0.355 e. The Kier molecular flexibility index (Phi) is 4.51. The second kappa shape index (κ2) is 6.53. The number of nitrogens with one attached hydrogen (secondary N) is 1. The van der Waals surface area contributed by atoms with Gasteiger partial charge >= 0.3 is 0 Å². The summed E-state index contributed by atoms with van der Waals surface area (Å²) in [5.74, 6) is -0.0168. The first-order valence-electron chi connectivity index (χ1n) is 6.41. The van der Waals surface area contributed by atoms with Gasteiger partial charge in [-0.25, -0.2) is 0 Å². The Bertz CT molecular complexity index is 622. The van der Waals surface area contributed by atoms with Crippen LogP contribution in [0.2, 0.25) is 0 Å². The number of aromatic nitrogens is 2. The van der Waals surface area contributed by atoms with Crippen LogP contribution >= 0.6 is 0 Å². The molecule has 0 aliphatic carbocycles. The van der Waals surface area contributed by atoms with Gasteiger partial charge in [-0.2, -0.15) is 10.4 Å². The lowest BCUT2D eigenvalue weighted by Gasteiger charge is -2.06. The van der Waals surface area contributed by atoms with Gasteiger partial charge in [-0.3, -0.25) is 9.48 Å². The highest BCUT2D eigenvalue weighted by Gasteiger charge is 2.04. The predicted octanol–water partition coefficient (Wildman–Crippen LogP) is 1.19. The number of amides is 1. The molecule has 0 aliphatic heterocycles. The molecule has 20 heavy (non-hydrogen) atoms. The predicted molar refractivity (Wildman–Crippen MR) is 74.8 cm³/mol. The van der Waals surface area contributed by atoms with Gasteiger partial charge in [-0.05, 0) is 23.8 Å². The molecular weight excluding hydrogens is 252 g/mol.